The van der Waals surface area contributed by atoms with E-state index in [1.54, 1.807) is 0 Å². The van der Waals surface area contributed by atoms with Crippen molar-refractivity contribution in [2.45, 2.75) is 491 Å². The molecule has 0 amide bonds. The first-order valence-corrected chi connectivity index (χ1v) is 49.2. The molecule has 109 heavy (non-hydrogen) atoms. The highest BCUT2D eigenvalue weighted by Gasteiger charge is 2.31. The molecule has 0 aromatic heterocycles. The van der Waals surface area contributed by atoms with Crippen molar-refractivity contribution in [3.63, 3.8) is 0 Å². The molecule has 0 heterocycles. The zero-order valence-corrected chi connectivity index (χ0v) is 74.0. The number of aliphatic hydroxyl groups excluding tert-OH is 1. The lowest BCUT2D eigenvalue weighted by molar-refractivity contribution is -0.161. The van der Waals surface area contributed by atoms with Crippen molar-refractivity contribution in [1.82, 2.24) is 0 Å². The summed E-state index contributed by atoms with van der Waals surface area (Å²) in [5.74, 6) is 1.10. The summed E-state index contributed by atoms with van der Waals surface area (Å²) in [6, 6.07) is 0. The number of esters is 4. The van der Waals surface area contributed by atoms with Crippen LogP contribution in [0.25, 0.3) is 0 Å². The standard InChI is InChI=1S/C90H176O17P2/c1-9-83(8)69-61-53-45-37-31-33-41-49-57-65-73-90(95)107-86(77-101-88(93)71-63-55-47-39-32-30-36-44-52-60-68-82(6)7)79-105-109(98,99)103-75-84(91)74-102-108(96,97)104-78-85(106-89(94)72-64-56-48-40-29-25-21-17-13-11-15-19-23-27-35-43-51-59-67-81(4)5)76-100-87(92)70-62-54-46-38-28-24-20-16-12-10-14-18-22-26-34-42-50-58-66-80(2)3/h80-86,91H,9-79H2,1-8H3,(H,96,97)(H,98,99)/t83?,84-,85-,86-/m1/s1. The molecule has 0 bridgehead atoms. The van der Waals surface area contributed by atoms with Gasteiger partial charge in [0.1, 0.15) is 19.3 Å². The lowest BCUT2D eigenvalue weighted by atomic mass is 9.99. The predicted molar refractivity (Wildman–Crippen MR) is 451 cm³/mol. The largest absolute Gasteiger partial charge is 0.472 e. The second-order valence-electron chi connectivity index (χ2n) is 34.0. The van der Waals surface area contributed by atoms with Gasteiger partial charge in [0.15, 0.2) is 12.2 Å². The Balaban J connectivity index is 5.25. The van der Waals surface area contributed by atoms with E-state index in [2.05, 4.69) is 55.4 Å². The molecule has 0 aliphatic carbocycles. The smallest absolute Gasteiger partial charge is 0.462 e. The van der Waals surface area contributed by atoms with Gasteiger partial charge in [-0.05, 0) is 49.4 Å². The summed E-state index contributed by atoms with van der Waals surface area (Å²) in [6.45, 7) is 14.4. The number of hydrogen-bond acceptors (Lipinski definition) is 15. The van der Waals surface area contributed by atoms with E-state index in [1.165, 1.54) is 276 Å². The van der Waals surface area contributed by atoms with Crippen LogP contribution in [-0.4, -0.2) is 96.7 Å². The molecular formula is C90H176O17P2. The van der Waals surface area contributed by atoms with Gasteiger partial charge in [-0.2, -0.15) is 0 Å². The fourth-order valence-corrected chi connectivity index (χ4v) is 15.6. The maximum absolute atomic E-state index is 13.2. The summed E-state index contributed by atoms with van der Waals surface area (Å²) in [7, 11) is -9.94. The predicted octanol–water partition coefficient (Wildman–Crippen LogP) is 27.5. The number of hydrogen-bond donors (Lipinski definition) is 3. The Labute approximate surface area is 670 Å². The van der Waals surface area contributed by atoms with Gasteiger partial charge in [0, 0.05) is 25.7 Å². The van der Waals surface area contributed by atoms with Crippen LogP contribution in [0.4, 0.5) is 0 Å². The highest BCUT2D eigenvalue weighted by Crippen LogP contribution is 2.45. The average molecular weight is 1590 g/mol. The van der Waals surface area contributed by atoms with Crippen LogP contribution in [0.15, 0.2) is 0 Å². The van der Waals surface area contributed by atoms with Crippen molar-refractivity contribution in [2.24, 2.45) is 23.7 Å². The Kier molecular flexibility index (Phi) is 77.2. The Morgan fingerprint density at radius 2 is 0.440 bits per heavy atom. The number of rotatable bonds is 87. The van der Waals surface area contributed by atoms with E-state index in [1.807, 2.05) is 0 Å². The number of carbonyl (C=O) groups excluding carboxylic acids is 4. The van der Waals surface area contributed by atoms with Gasteiger partial charge in [-0.3, -0.25) is 37.3 Å². The van der Waals surface area contributed by atoms with Crippen molar-refractivity contribution in [3.8, 4) is 0 Å². The molecular weight excluding hydrogens is 1410 g/mol. The van der Waals surface area contributed by atoms with Gasteiger partial charge in [-0.15, -0.1) is 0 Å². The summed E-state index contributed by atoms with van der Waals surface area (Å²) < 4.78 is 69.0. The summed E-state index contributed by atoms with van der Waals surface area (Å²) in [5.41, 5.74) is 0. The first kappa shape index (κ1) is 107. The number of unbranched alkanes of at least 4 members (excludes halogenated alkanes) is 52. The molecule has 0 rings (SSSR count). The molecule has 17 nitrogen and oxygen atoms in total. The molecule has 0 aliphatic rings. The third-order valence-corrected chi connectivity index (χ3v) is 23.3. The number of phosphoric ester groups is 2. The Hall–Kier alpha value is -1.94. The van der Waals surface area contributed by atoms with E-state index < -0.39 is 97.5 Å². The van der Waals surface area contributed by atoms with Gasteiger partial charge >= 0.3 is 39.5 Å². The maximum atomic E-state index is 13.2. The van der Waals surface area contributed by atoms with E-state index in [0.29, 0.717) is 25.7 Å². The molecule has 0 aliphatic heterocycles. The van der Waals surface area contributed by atoms with Gasteiger partial charge in [-0.1, -0.05) is 421 Å². The fraction of sp³-hybridized carbons (Fsp3) is 0.956. The van der Waals surface area contributed by atoms with E-state index in [0.717, 1.165) is 114 Å². The Morgan fingerprint density at radius 3 is 0.651 bits per heavy atom. The summed E-state index contributed by atoms with van der Waals surface area (Å²) in [6.07, 6.45) is 69.4. The number of aliphatic hydroxyl groups is 1. The summed E-state index contributed by atoms with van der Waals surface area (Å²) in [4.78, 5) is 73.4. The molecule has 19 heteroatoms. The zero-order chi connectivity index (χ0) is 80.2. The minimum atomic E-state index is -4.97. The Bertz CT molecular complexity index is 2110. The number of phosphoric acid groups is 2. The molecule has 0 radical (unpaired) electrons. The quantitative estimate of drug-likeness (QED) is 0.0222. The van der Waals surface area contributed by atoms with Gasteiger partial charge < -0.3 is 33.8 Å². The van der Waals surface area contributed by atoms with Crippen LogP contribution < -0.4 is 0 Å². The van der Waals surface area contributed by atoms with Crippen LogP contribution in [0.5, 0.6) is 0 Å². The van der Waals surface area contributed by atoms with Crippen LogP contribution in [0.1, 0.15) is 473 Å². The van der Waals surface area contributed by atoms with Crippen LogP contribution >= 0.6 is 15.6 Å². The SMILES string of the molecule is CCC(C)CCCCCCCCCCCCC(=O)O[C@H](COC(=O)CCCCCCCCCCCCC(C)C)COP(=O)(O)OC[C@H](O)COP(=O)(O)OC[C@@H](COC(=O)CCCCCCCCCCCCCCCCCCCCC(C)C)OC(=O)CCCCCCCCCCCCCCCCCCCCC(C)C. The van der Waals surface area contributed by atoms with E-state index in [9.17, 15) is 43.2 Å². The normalized spacial score (nSPS) is 14.1. The third-order valence-electron chi connectivity index (χ3n) is 21.4. The molecule has 3 N–H and O–H groups in total. The minimum Gasteiger partial charge on any atom is -0.462 e. The number of ether oxygens (including phenoxy) is 4. The third kappa shape index (κ3) is 82.4. The lowest BCUT2D eigenvalue weighted by Crippen LogP contribution is -2.30. The molecule has 0 aromatic carbocycles. The van der Waals surface area contributed by atoms with Crippen molar-refractivity contribution < 1.29 is 80.2 Å². The van der Waals surface area contributed by atoms with E-state index in [-0.39, 0.29) is 25.7 Å². The van der Waals surface area contributed by atoms with Gasteiger partial charge in [-0.25, -0.2) is 9.13 Å². The second kappa shape index (κ2) is 78.6. The van der Waals surface area contributed by atoms with Crippen molar-refractivity contribution >= 4 is 39.5 Å². The van der Waals surface area contributed by atoms with Crippen LogP contribution in [0.3, 0.4) is 0 Å². The first-order chi connectivity index (χ1) is 52.6. The summed E-state index contributed by atoms with van der Waals surface area (Å²) in [5, 5.41) is 10.7. The van der Waals surface area contributed by atoms with Crippen molar-refractivity contribution in [3.05, 3.63) is 0 Å². The van der Waals surface area contributed by atoms with Crippen LogP contribution in [-0.2, 0) is 65.4 Å². The van der Waals surface area contributed by atoms with E-state index in [4.69, 9.17) is 37.0 Å². The fourth-order valence-electron chi connectivity index (χ4n) is 14.0. The monoisotopic (exact) mass is 1590 g/mol. The lowest BCUT2D eigenvalue weighted by Gasteiger charge is -2.21. The second-order valence-corrected chi connectivity index (χ2v) is 36.9. The van der Waals surface area contributed by atoms with Crippen LogP contribution in [0.2, 0.25) is 0 Å². The first-order valence-electron chi connectivity index (χ1n) is 46.2. The van der Waals surface area contributed by atoms with Crippen LogP contribution in [0, 0.1) is 23.7 Å². The molecule has 648 valence electrons. The van der Waals surface area contributed by atoms with Crippen molar-refractivity contribution in [1.29, 1.82) is 0 Å². The summed E-state index contributed by atoms with van der Waals surface area (Å²) >= 11 is 0. The molecule has 3 unspecified atom stereocenters. The highest BCUT2D eigenvalue weighted by molar-refractivity contribution is 7.47. The van der Waals surface area contributed by atoms with Gasteiger partial charge in [0.2, 0.25) is 0 Å². The topological polar surface area (TPSA) is 237 Å². The average Bonchev–Trinajstić information content (AvgIpc) is 0.899. The van der Waals surface area contributed by atoms with E-state index >= 15 is 0 Å². The van der Waals surface area contributed by atoms with Gasteiger partial charge in [0.25, 0.3) is 0 Å². The zero-order valence-electron chi connectivity index (χ0n) is 72.2. The van der Waals surface area contributed by atoms with Crippen molar-refractivity contribution in [2.75, 3.05) is 39.6 Å². The Morgan fingerprint density at radius 1 is 0.257 bits per heavy atom. The molecule has 0 fully saturated rings. The maximum Gasteiger partial charge on any atom is 0.472 e. The molecule has 0 saturated carbocycles. The molecule has 0 spiro atoms. The molecule has 0 saturated heterocycles. The number of carbonyl (C=O) groups is 4. The van der Waals surface area contributed by atoms with Gasteiger partial charge in [0.05, 0.1) is 26.4 Å². The minimum absolute atomic E-state index is 0.106. The molecule has 6 atom stereocenters. The molecule has 0 aromatic rings. The highest BCUT2D eigenvalue weighted by atomic mass is 31.2.